The maximum atomic E-state index is 11.9. The van der Waals surface area contributed by atoms with Crippen LogP contribution in [0.15, 0.2) is 59.0 Å². The summed E-state index contributed by atoms with van der Waals surface area (Å²) in [6, 6.07) is 17.0. The van der Waals surface area contributed by atoms with Crippen LogP contribution < -0.4 is 5.32 Å². The van der Waals surface area contributed by atoms with Crippen LogP contribution in [0.2, 0.25) is 0 Å². The Morgan fingerprint density at radius 2 is 1.67 bits per heavy atom. The third-order valence-corrected chi connectivity index (χ3v) is 3.43. The van der Waals surface area contributed by atoms with Gasteiger partial charge in [0.2, 0.25) is 17.7 Å². The Balaban J connectivity index is 1.79. The summed E-state index contributed by atoms with van der Waals surface area (Å²) in [6.07, 6.45) is 0.489. The van der Waals surface area contributed by atoms with Gasteiger partial charge in [-0.2, -0.15) is 0 Å². The van der Waals surface area contributed by atoms with E-state index in [1.165, 1.54) is 0 Å². The van der Waals surface area contributed by atoms with Crippen molar-refractivity contribution in [2.75, 3.05) is 5.32 Å². The van der Waals surface area contributed by atoms with E-state index in [1.54, 1.807) is 0 Å². The third kappa shape index (κ3) is 3.87. The molecular formula is C19H19N3O2. The van der Waals surface area contributed by atoms with Crippen molar-refractivity contribution >= 4 is 11.6 Å². The number of aromatic nitrogens is 2. The van der Waals surface area contributed by atoms with Crippen LogP contribution in [0.4, 0.5) is 5.69 Å². The Morgan fingerprint density at radius 1 is 1.00 bits per heavy atom. The molecular weight excluding hydrogens is 302 g/mol. The SMILES string of the molecule is CC(C)CC(=O)Nc1cccc(-c2nnc(-c3ccccc3)o2)c1. The largest absolute Gasteiger partial charge is 0.416 e. The first-order valence-electron chi connectivity index (χ1n) is 7.91. The van der Waals surface area contributed by atoms with E-state index < -0.39 is 0 Å². The highest BCUT2D eigenvalue weighted by Gasteiger charge is 2.11. The maximum Gasteiger partial charge on any atom is 0.248 e. The van der Waals surface area contributed by atoms with E-state index in [2.05, 4.69) is 15.5 Å². The predicted octanol–water partition coefficient (Wildman–Crippen LogP) is 4.39. The predicted molar refractivity (Wildman–Crippen MR) is 93.3 cm³/mol. The Morgan fingerprint density at radius 3 is 2.38 bits per heavy atom. The van der Waals surface area contributed by atoms with Gasteiger partial charge in [0, 0.05) is 23.2 Å². The van der Waals surface area contributed by atoms with Gasteiger partial charge in [0.1, 0.15) is 0 Å². The second-order valence-electron chi connectivity index (χ2n) is 6.01. The van der Waals surface area contributed by atoms with Gasteiger partial charge in [0.25, 0.3) is 0 Å². The van der Waals surface area contributed by atoms with Gasteiger partial charge in [0.15, 0.2) is 0 Å². The molecule has 0 atom stereocenters. The molecule has 0 aliphatic carbocycles. The van der Waals surface area contributed by atoms with Crippen LogP contribution in [0.1, 0.15) is 20.3 Å². The Bertz CT molecular complexity index is 825. The number of nitrogens with zero attached hydrogens (tertiary/aromatic N) is 2. The molecule has 0 spiro atoms. The number of amides is 1. The van der Waals surface area contributed by atoms with Crippen LogP contribution in [-0.4, -0.2) is 16.1 Å². The van der Waals surface area contributed by atoms with Gasteiger partial charge in [-0.15, -0.1) is 10.2 Å². The second-order valence-corrected chi connectivity index (χ2v) is 6.01. The lowest BCUT2D eigenvalue weighted by molar-refractivity contribution is -0.116. The standard InChI is InChI=1S/C19H19N3O2/c1-13(2)11-17(23)20-16-10-6-9-15(12-16)19-22-21-18(24-19)14-7-4-3-5-8-14/h3-10,12-13H,11H2,1-2H3,(H,20,23). The second kappa shape index (κ2) is 7.08. The smallest absolute Gasteiger partial charge is 0.248 e. The van der Waals surface area contributed by atoms with Crippen molar-refractivity contribution in [3.63, 3.8) is 0 Å². The average Bonchev–Trinajstić information content (AvgIpc) is 3.05. The number of carbonyl (C=O) groups is 1. The first-order valence-corrected chi connectivity index (χ1v) is 7.91. The Labute approximate surface area is 140 Å². The quantitative estimate of drug-likeness (QED) is 0.757. The highest BCUT2D eigenvalue weighted by molar-refractivity contribution is 5.91. The fraction of sp³-hybridized carbons (Fsp3) is 0.211. The lowest BCUT2D eigenvalue weighted by Crippen LogP contribution is -2.13. The summed E-state index contributed by atoms with van der Waals surface area (Å²) in [5, 5.41) is 11.1. The summed E-state index contributed by atoms with van der Waals surface area (Å²) in [7, 11) is 0. The fourth-order valence-corrected chi connectivity index (χ4v) is 2.35. The summed E-state index contributed by atoms with van der Waals surface area (Å²) in [5.41, 5.74) is 2.36. The molecule has 0 aliphatic rings. The number of nitrogens with one attached hydrogen (secondary N) is 1. The lowest BCUT2D eigenvalue weighted by Gasteiger charge is -2.07. The molecule has 5 nitrogen and oxygen atoms in total. The van der Waals surface area contributed by atoms with E-state index in [9.17, 15) is 4.79 Å². The van der Waals surface area contributed by atoms with Gasteiger partial charge in [-0.25, -0.2) is 0 Å². The van der Waals surface area contributed by atoms with Crippen LogP contribution in [0.3, 0.4) is 0 Å². The van der Waals surface area contributed by atoms with Gasteiger partial charge < -0.3 is 9.73 Å². The van der Waals surface area contributed by atoms with E-state index in [0.717, 1.165) is 16.8 Å². The number of anilines is 1. The molecule has 0 saturated carbocycles. The Kier molecular flexibility index (Phi) is 4.70. The topological polar surface area (TPSA) is 68.0 Å². The van der Waals surface area contributed by atoms with Crippen molar-refractivity contribution in [1.82, 2.24) is 10.2 Å². The van der Waals surface area contributed by atoms with E-state index >= 15 is 0 Å². The van der Waals surface area contributed by atoms with Gasteiger partial charge in [-0.05, 0) is 36.2 Å². The monoisotopic (exact) mass is 321 g/mol. The average molecular weight is 321 g/mol. The van der Waals surface area contributed by atoms with Gasteiger partial charge >= 0.3 is 0 Å². The third-order valence-electron chi connectivity index (χ3n) is 3.43. The molecule has 2 aromatic carbocycles. The fourth-order valence-electron chi connectivity index (χ4n) is 2.35. The lowest BCUT2D eigenvalue weighted by atomic mass is 10.1. The number of carbonyl (C=O) groups excluding carboxylic acids is 1. The molecule has 24 heavy (non-hydrogen) atoms. The summed E-state index contributed by atoms with van der Waals surface area (Å²) in [4.78, 5) is 11.9. The van der Waals surface area contributed by atoms with E-state index in [0.29, 0.717) is 24.1 Å². The minimum Gasteiger partial charge on any atom is -0.416 e. The summed E-state index contributed by atoms with van der Waals surface area (Å²) < 4.78 is 5.75. The molecule has 0 aliphatic heterocycles. The van der Waals surface area contributed by atoms with Crippen molar-refractivity contribution in [2.45, 2.75) is 20.3 Å². The van der Waals surface area contributed by atoms with Crippen molar-refractivity contribution in [3.8, 4) is 22.9 Å². The number of hydrogen-bond donors (Lipinski definition) is 1. The van der Waals surface area contributed by atoms with Crippen molar-refractivity contribution in [1.29, 1.82) is 0 Å². The first kappa shape index (κ1) is 15.9. The molecule has 0 unspecified atom stereocenters. The molecule has 1 amide bonds. The first-order chi connectivity index (χ1) is 11.6. The van der Waals surface area contributed by atoms with Gasteiger partial charge in [-0.3, -0.25) is 4.79 Å². The van der Waals surface area contributed by atoms with E-state index in [1.807, 2.05) is 68.4 Å². The van der Waals surface area contributed by atoms with Crippen LogP contribution >= 0.6 is 0 Å². The van der Waals surface area contributed by atoms with Crippen LogP contribution in [0, 0.1) is 5.92 Å². The summed E-state index contributed by atoms with van der Waals surface area (Å²) in [5.74, 6) is 1.21. The highest BCUT2D eigenvalue weighted by atomic mass is 16.4. The van der Waals surface area contributed by atoms with Crippen LogP contribution in [0.5, 0.6) is 0 Å². The van der Waals surface area contributed by atoms with Gasteiger partial charge in [-0.1, -0.05) is 38.1 Å². The molecule has 0 radical (unpaired) electrons. The number of benzene rings is 2. The zero-order valence-electron chi connectivity index (χ0n) is 13.7. The van der Waals surface area contributed by atoms with Gasteiger partial charge in [0.05, 0.1) is 0 Å². The Hall–Kier alpha value is -2.95. The zero-order valence-corrected chi connectivity index (χ0v) is 13.7. The molecule has 0 saturated heterocycles. The van der Waals surface area contributed by atoms with E-state index in [4.69, 9.17) is 4.42 Å². The molecule has 1 heterocycles. The normalized spacial score (nSPS) is 10.8. The van der Waals surface area contributed by atoms with Crippen molar-refractivity contribution < 1.29 is 9.21 Å². The summed E-state index contributed by atoms with van der Waals surface area (Å²) in [6.45, 7) is 4.03. The maximum absolute atomic E-state index is 11.9. The van der Waals surface area contributed by atoms with Crippen molar-refractivity contribution in [2.24, 2.45) is 5.92 Å². The molecule has 0 fully saturated rings. The highest BCUT2D eigenvalue weighted by Crippen LogP contribution is 2.25. The van der Waals surface area contributed by atoms with Crippen molar-refractivity contribution in [3.05, 3.63) is 54.6 Å². The van der Waals surface area contributed by atoms with Crippen LogP contribution in [0.25, 0.3) is 22.9 Å². The number of hydrogen-bond acceptors (Lipinski definition) is 4. The van der Waals surface area contributed by atoms with Crippen LogP contribution in [-0.2, 0) is 4.79 Å². The molecule has 0 bridgehead atoms. The molecule has 1 aromatic heterocycles. The molecule has 3 rings (SSSR count). The van der Waals surface area contributed by atoms with E-state index in [-0.39, 0.29) is 5.91 Å². The molecule has 122 valence electrons. The molecule has 5 heteroatoms. The number of rotatable bonds is 5. The molecule has 3 aromatic rings. The minimum absolute atomic E-state index is 0.00217. The summed E-state index contributed by atoms with van der Waals surface area (Å²) >= 11 is 0. The zero-order chi connectivity index (χ0) is 16.9. The minimum atomic E-state index is -0.00217. The molecule has 1 N–H and O–H groups in total.